The fourth-order valence-electron chi connectivity index (χ4n) is 2.18. The number of methoxy groups -OCH3 is 2. The molecule has 5 nitrogen and oxygen atoms in total. The number of Topliss-reactive ketones (excluding diaryl/α,β-unsaturated/α-hetero) is 1. The largest absolute Gasteiger partial charge is 0.493 e. The van der Waals surface area contributed by atoms with Crippen LogP contribution in [0.15, 0.2) is 42.5 Å². The molecule has 126 valence electrons. The van der Waals surface area contributed by atoms with Crippen molar-refractivity contribution in [2.45, 2.75) is 13.3 Å². The van der Waals surface area contributed by atoms with Gasteiger partial charge in [-0.15, -0.1) is 0 Å². The summed E-state index contributed by atoms with van der Waals surface area (Å²) in [4.78, 5) is 23.9. The van der Waals surface area contributed by atoms with Crippen molar-refractivity contribution in [3.05, 3.63) is 59.2 Å². The van der Waals surface area contributed by atoms with E-state index in [4.69, 9.17) is 14.2 Å². The third-order valence-corrected chi connectivity index (χ3v) is 3.53. The van der Waals surface area contributed by atoms with Gasteiger partial charge in [0.1, 0.15) is 0 Å². The zero-order valence-corrected chi connectivity index (χ0v) is 14.0. The van der Waals surface area contributed by atoms with Crippen LogP contribution < -0.4 is 9.47 Å². The zero-order valence-electron chi connectivity index (χ0n) is 14.0. The molecule has 0 atom stereocenters. The number of hydrogen-bond acceptors (Lipinski definition) is 5. The summed E-state index contributed by atoms with van der Waals surface area (Å²) in [6, 6.07) is 12.3. The van der Waals surface area contributed by atoms with Crippen molar-refractivity contribution in [3.63, 3.8) is 0 Å². The zero-order chi connectivity index (χ0) is 17.5. The van der Waals surface area contributed by atoms with E-state index >= 15 is 0 Å². The summed E-state index contributed by atoms with van der Waals surface area (Å²) in [5.41, 5.74) is 2.32. The van der Waals surface area contributed by atoms with Crippen LogP contribution in [-0.4, -0.2) is 32.6 Å². The number of hydrogen-bond donors (Lipinski definition) is 0. The second-order valence-electron chi connectivity index (χ2n) is 5.32. The molecule has 0 aromatic heterocycles. The first kappa shape index (κ1) is 17.5. The van der Waals surface area contributed by atoms with Gasteiger partial charge in [0.25, 0.3) is 0 Å². The second-order valence-corrected chi connectivity index (χ2v) is 5.32. The Hall–Kier alpha value is -2.82. The Morgan fingerprint density at radius 2 is 1.58 bits per heavy atom. The lowest BCUT2D eigenvalue weighted by Gasteiger charge is -2.09. The highest BCUT2D eigenvalue weighted by atomic mass is 16.5. The quantitative estimate of drug-likeness (QED) is 0.577. The molecule has 5 heteroatoms. The molecule has 0 fully saturated rings. The molecule has 0 bridgehead atoms. The van der Waals surface area contributed by atoms with Crippen molar-refractivity contribution in [3.8, 4) is 11.5 Å². The molecule has 0 aliphatic carbocycles. The number of ketones is 1. The number of carbonyl (C=O) groups is 2. The average molecular weight is 328 g/mol. The number of esters is 1. The highest BCUT2D eigenvalue weighted by Gasteiger charge is 2.12. The van der Waals surface area contributed by atoms with Gasteiger partial charge >= 0.3 is 5.97 Å². The van der Waals surface area contributed by atoms with E-state index in [9.17, 15) is 9.59 Å². The summed E-state index contributed by atoms with van der Waals surface area (Å²) < 4.78 is 15.4. The molecule has 2 aromatic carbocycles. The van der Waals surface area contributed by atoms with E-state index in [1.165, 1.54) is 7.11 Å². The van der Waals surface area contributed by atoms with E-state index in [1.807, 2.05) is 19.1 Å². The molecule has 0 amide bonds. The summed E-state index contributed by atoms with van der Waals surface area (Å²) in [6.45, 7) is 1.67. The fourth-order valence-corrected chi connectivity index (χ4v) is 2.18. The molecule has 2 rings (SSSR count). The van der Waals surface area contributed by atoms with E-state index in [1.54, 1.807) is 37.4 Å². The summed E-state index contributed by atoms with van der Waals surface area (Å²) in [5.74, 6) is 0.432. The third-order valence-electron chi connectivity index (χ3n) is 3.53. The van der Waals surface area contributed by atoms with Crippen molar-refractivity contribution in [2.75, 3.05) is 20.8 Å². The molecule has 0 aliphatic heterocycles. The Kier molecular flexibility index (Phi) is 5.95. The molecule has 0 saturated heterocycles. The van der Waals surface area contributed by atoms with Crippen molar-refractivity contribution >= 4 is 11.8 Å². The van der Waals surface area contributed by atoms with E-state index in [-0.39, 0.29) is 18.8 Å². The smallest absolute Gasteiger partial charge is 0.310 e. The van der Waals surface area contributed by atoms with Gasteiger partial charge in [0.05, 0.1) is 20.6 Å². The minimum absolute atomic E-state index is 0.0571. The van der Waals surface area contributed by atoms with Gasteiger partial charge < -0.3 is 14.2 Å². The molecule has 24 heavy (non-hydrogen) atoms. The van der Waals surface area contributed by atoms with Gasteiger partial charge in [-0.1, -0.05) is 35.9 Å². The molecule has 0 heterocycles. The number of rotatable bonds is 7. The fraction of sp³-hybridized carbons (Fsp3) is 0.263. The Labute approximate surface area is 141 Å². The van der Waals surface area contributed by atoms with Gasteiger partial charge in [0, 0.05) is 5.56 Å². The minimum Gasteiger partial charge on any atom is -0.493 e. The first-order chi connectivity index (χ1) is 11.5. The monoisotopic (exact) mass is 328 g/mol. The molecule has 2 aromatic rings. The van der Waals surface area contributed by atoms with E-state index < -0.39 is 5.97 Å². The lowest BCUT2D eigenvalue weighted by atomic mass is 10.1. The SMILES string of the molecule is COc1ccc(CC(=O)OCC(=O)c2ccc(C)cc2)cc1OC. The molecular formula is C19H20O5. The number of aryl methyl sites for hydroxylation is 1. The maximum atomic E-state index is 12.0. The number of ether oxygens (including phenoxy) is 3. The normalized spacial score (nSPS) is 10.1. The van der Waals surface area contributed by atoms with Crippen LogP contribution in [0.2, 0.25) is 0 Å². The molecule has 0 unspecified atom stereocenters. The Balaban J connectivity index is 1.91. The molecular weight excluding hydrogens is 308 g/mol. The van der Waals surface area contributed by atoms with Crippen molar-refractivity contribution in [2.24, 2.45) is 0 Å². The highest BCUT2D eigenvalue weighted by Crippen LogP contribution is 2.27. The van der Waals surface area contributed by atoms with Gasteiger partial charge in [0.2, 0.25) is 0 Å². The third kappa shape index (κ3) is 4.59. The van der Waals surface area contributed by atoms with Crippen LogP contribution in [0.4, 0.5) is 0 Å². The van der Waals surface area contributed by atoms with Crippen LogP contribution in [0.5, 0.6) is 11.5 Å². The van der Waals surface area contributed by atoms with Gasteiger partial charge in [-0.3, -0.25) is 9.59 Å². The van der Waals surface area contributed by atoms with Crippen LogP contribution >= 0.6 is 0 Å². The highest BCUT2D eigenvalue weighted by molar-refractivity contribution is 5.98. The number of carbonyl (C=O) groups excluding carboxylic acids is 2. The van der Waals surface area contributed by atoms with Crippen molar-refractivity contribution in [1.82, 2.24) is 0 Å². The first-order valence-electron chi connectivity index (χ1n) is 7.50. The van der Waals surface area contributed by atoms with Crippen LogP contribution in [0, 0.1) is 6.92 Å². The number of benzene rings is 2. The maximum Gasteiger partial charge on any atom is 0.310 e. The van der Waals surface area contributed by atoms with Crippen LogP contribution in [-0.2, 0) is 16.0 Å². The molecule has 0 saturated carbocycles. The Morgan fingerprint density at radius 3 is 2.21 bits per heavy atom. The summed E-state index contributed by atoms with van der Waals surface area (Å²) in [6.07, 6.45) is 0.0571. The lowest BCUT2D eigenvalue weighted by Crippen LogP contribution is -2.15. The van der Waals surface area contributed by atoms with E-state index in [2.05, 4.69) is 0 Å². The van der Waals surface area contributed by atoms with E-state index in [0.717, 1.165) is 11.1 Å². The van der Waals surface area contributed by atoms with Crippen molar-refractivity contribution < 1.29 is 23.8 Å². The second kappa shape index (κ2) is 8.15. The standard InChI is InChI=1S/C19H20O5/c1-13-4-7-15(8-5-13)16(20)12-24-19(21)11-14-6-9-17(22-2)18(10-14)23-3/h4-10H,11-12H2,1-3H3. The predicted octanol–water partition coefficient (Wildman–Crippen LogP) is 2.98. The van der Waals surface area contributed by atoms with Gasteiger partial charge in [-0.05, 0) is 24.6 Å². The molecule has 0 N–H and O–H groups in total. The van der Waals surface area contributed by atoms with Gasteiger partial charge in [-0.25, -0.2) is 0 Å². The Bertz CT molecular complexity index is 719. The van der Waals surface area contributed by atoms with Gasteiger partial charge in [0.15, 0.2) is 23.9 Å². The first-order valence-corrected chi connectivity index (χ1v) is 7.50. The lowest BCUT2D eigenvalue weighted by molar-refractivity contribution is -0.141. The topological polar surface area (TPSA) is 61.8 Å². The van der Waals surface area contributed by atoms with Crippen LogP contribution in [0.1, 0.15) is 21.5 Å². The predicted molar refractivity (Wildman–Crippen MR) is 89.7 cm³/mol. The van der Waals surface area contributed by atoms with Crippen LogP contribution in [0.3, 0.4) is 0 Å². The molecule has 0 spiro atoms. The van der Waals surface area contributed by atoms with Crippen molar-refractivity contribution in [1.29, 1.82) is 0 Å². The maximum absolute atomic E-state index is 12.0. The minimum atomic E-state index is -0.470. The average Bonchev–Trinajstić information content (AvgIpc) is 2.60. The van der Waals surface area contributed by atoms with Gasteiger partial charge in [-0.2, -0.15) is 0 Å². The van der Waals surface area contributed by atoms with Crippen LogP contribution in [0.25, 0.3) is 0 Å². The summed E-state index contributed by atoms with van der Waals surface area (Å²) in [5, 5.41) is 0. The summed E-state index contributed by atoms with van der Waals surface area (Å²) >= 11 is 0. The summed E-state index contributed by atoms with van der Waals surface area (Å²) in [7, 11) is 3.07. The Morgan fingerprint density at radius 1 is 0.917 bits per heavy atom. The molecule has 0 radical (unpaired) electrons. The molecule has 0 aliphatic rings. The van der Waals surface area contributed by atoms with E-state index in [0.29, 0.717) is 17.1 Å².